The second-order valence-corrected chi connectivity index (χ2v) is 5.88. The van der Waals surface area contributed by atoms with Gasteiger partial charge in [-0.2, -0.15) is 0 Å². The van der Waals surface area contributed by atoms with Crippen LogP contribution < -0.4 is 10.1 Å². The van der Waals surface area contributed by atoms with E-state index in [1.807, 2.05) is 42.5 Å². The van der Waals surface area contributed by atoms with Crippen molar-refractivity contribution < 1.29 is 9.53 Å². The number of hydrogen-bond acceptors (Lipinski definition) is 5. The molecule has 0 saturated carbocycles. The van der Waals surface area contributed by atoms with Gasteiger partial charge in [0.25, 0.3) is 5.91 Å². The minimum atomic E-state index is -0.247. The van der Waals surface area contributed by atoms with Gasteiger partial charge in [-0.15, -0.1) is 10.2 Å². The van der Waals surface area contributed by atoms with Crippen LogP contribution in [0.1, 0.15) is 20.9 Å². The fraction of sp³-hybridized carbons (Fsp3) is 0.0556. The standard InChI is InChI=1S/C18H15N3O2S/c1-23-15-9-5-8-14(12-15)17(22)19-18-21-20-16(24-18)11-10-13-6-3-2-4-7-13/h2-12H,1H3,(H,19,21,22). The molecule has 3 rings (SSSR count). The van der Waals surface area contributed by atoms with Crippen LogP contribution in [0, 0.1) is 0 Å². The Bertz CT molecular complexity index is 859. The monoisotopic (exact) mass is 337 g/mol. The molecule has 6 heteroatoms. The molecule has 1 amide bonds. The third-order valence-corrected chi connectivity index (χ3v) is 4.01. The molecule has 5 nitrogen and oxygen atoms in total. The summed E-state index contributed by atoms with van der Waals surface area (Å²) in [6.45, 7) is 0. The van der Waals surface area contributed by atoms with Gasteiger partial charge in [0.15, 0.2) is 0 Å². The number of methoxy groups -OCH3 is 1. The van der Waals surface area contributed by atoms with Crippen LogP contribution in [0.3, 0.4) is 0 Å². The Balaban J connectivity index is 1.67. The predicted octanol–water partition coefficient (Wildman–Crippen LogP) is 3.97. The van der Waals surface area contributed by atoms with E-state index < -0.39 is 0 Å². The maximum absolute atomic E-state index is 12.2. The molecule has 0 unspecified atom stereocenters. The minimum absolute atomic E-state index is 0.247. The SMILES string of the molecule is COc1cccc(C(=O)Nc2nnc(C=Cc3ccccc3)s2)c1. The summed E-state index contributed by atoms with van der Waals surface area (Å²) in [5, 5.41) is 12.0. The molecular formula is C18H15N3O2S. The van der Waals surface area contributed by atoms with Crippen LogP contribution in [0.15, 0.2) is 54.6 Å². The number of carbonyl (C=O) groups is 1. The number of anilines is 1. The number of nitrogens with one attached hydrogen (secondary N) is 1. The smallest absolute Gasteiger partial charge is 0.257 e. The fourth-order valence-electron chi connectivity index (χ4n) is 2.02. The van der Waals surface area contributed by atoms with Gasteiger partial charge in [0.05, 0.1) is 7.11 Å². The molecule has 0 atom stereocenters. The summed E-state index contributed by atoms with van der Waals surface area (Å²) in [4.78, 5) is 12.2. The normalized spacial score (nSPS) is 10.7. The highest BCUT2D eigenvalue weighted by molar-refractivity contribution is 7.16. The second-order valence-electron chi connectivity index (χ2n) is 4.88. The molecule has 0 saturated heterocycles. The van der Waals surface area contributed by atoms with Crippen LogP contribution in [-0.4, -0.2) is 23.2 Å². The summed E-state index contributed by atoms with van der Waals surface area (Å²) in [5.41, 5.74) is 1.58. The maximum atomic E-state index is 12.2. The van der Waals surface area contributed by atoms with E-state index in [1.165, 1.54) is 11.3 Å². The van der Waals surface area contributed by atoms with Crippen LogP contribution in [0.4, 0.5) is 5.13 Å². The molecule has 0 aliphatic heterocycles. The van der Waals surface area contributed by atoms with Crippen molar-refractivity contribution in [2.75, 3.05) is 12.4 Å². The topological polar surface area (TPSA) is 64.1 Å². The van der Waals surface area contributed by atoms with E-state index in [-0.39, 0.29) is 5.91 Å². The highest BCUT2D eigenvalue weighted by atomic mass is 32.1. The Morgan fingerprint density at radius 3 is 2.71 bits per heavy atom. The first-order chi connectivity index (χ1) is 11.7. The van der Waals surface area contributed by atoms with E-state index >= 15 is 0 Å². The van der Waals surface area contributed by atoms with Crippen LogP contribution in [0.2, 0.25) is 0 Å². The van der Waals surface area contributed by atoms with E-state index in [0.29, 0.717) is 16.4 Å². The van der Waals surface area contributed by atoms with E-state index in [9.17, 15) is 4.79 Å². The molecule has 24 heavy (non-hydrogen) atoms. The average molecular weight is 337 g/mol. The Kier molecular flexibility index (Phi) is 4.98. The van der Waals surface area contributed by atoms with Crippen molar-refractivity contribution in [1.29, 1.82) is 0 Å². The fourth-order valence-corrected chi connectivity index (χ4v) is 2.66. The first kappa shape index (κ1) is 15.9. The molecule has 2 aromatic carbocycles. The number of carbonyl (C=O) groups excluding carboxylic acids is 1. The summed E-state index contributed by atoms with van der Waals surface area (Å²) in [6, 6.07) is 16.9. The lowest BCUT2D eigenvalue weighted by Crippen LogP contribution is -2.11. The van der Waals surface area contributed by atoms with Crippen LogP contribution >= 0.6 is 11.3 Å². The van der Waals surface area contributed by atoms with E-state index in [1.54, 1.807) is 31.4 Å². The lowest BCUT2D eigenvalue weighted by atomic mass is 10.2. The zero-order valence-electron chi connectivity index (χ0n) is 13.0. The molecule has 0 spiro atoms. The molecular weight excluding hydrogens is 322 g/mol. The summed E-state index contributed by atoms with van der Waals surface area (Å²) in [6.07, 6.45) is 3.82. The van der Waals surface area contributed by atoms with Crippen molar-refractivity contribution in [1.82, 2.24) is 10.2 Å². The molecule has 1 N–H and O–H groups in total. The Hall–Kier alpha value is -2.99. The number of hydrogen-bond donors (Lipinski definition) is 1. The highest BCUT2D eigenvalue weighted by Gasteiger charge is 2.10. The molecule has 120 valence electrons. The van der Waals surface area contributed by atoms with Crippen LogP contribution in [0.25, 0.3) is 12.2 Å². The van der Waals surface area contributed by atoms with Crippen molar-refractivity contribution in [3.05, 3.63) is 70.7 Å². The summed E-state index contributed by atoms with van der Waals surface area (Å²) < 4.78 is 5.12. The molecule has 1 heterocycles. The summed E-state index contributed by atoms with van der Waals surface area (Å²) >= 11 is 1.31. The second kappa shape index (κ2) is 7.52. The van der Waals surface area contributed by atoms with Gasteiger partial charge in [0.1, 0.15) is 10.8 Å². The van der Waals surface area contributed by atoms with Gasteiger partial charge in [-0.3, -0.25) is 10.1 Å². The molecule has 0 aliphatic carbocycles. The average Bonchev–Trinajstić information content (AvgIpc) is 3.08. The van der Waals surface area contributed by atoms with Gasteiger partial charge >= 0.3 is 0 Å². The first-order valence-corrected chi connectivity index (χ1v) is 8.08. The third kappa shape index (κ3) is 4.05. The largest absolute Gasteiger partial charge is 0.497 e. The Morgan fingerprint density at radius 2 is 1.92 bits per heavy atom. The molecule has 1 aromatic heterocycles. The lowest BCUT2D eigenvalue weighted by molar-refractivity contribution is 0.102. The van der Waals surface area contributed by atoms with Gasteiger partial charge in [0, 0.05) is 5.56 Å². The Morgan fingerprint density at radius 1 is 1.08 bits per heavy atom. The minimum Gasteiger partial charge on any atom is -0.497 e. The molecule has 0 fully saturated rings. The number of rotatable bonds is 5. The predicted molar refractivity (Wildman–Crippen MR) is 96.2 cm³/mol. The van der Waals surface area contributed by atoms with Crippen LogP contribution in [0.5, 0.6) is 5.75 Å². The van der Waals surface area contributed by atoms with Crippen molar-refractivity contribution >= 4 is 34.5 Å². The number of benzene rings is 2. The van der Waals surface area contributed by atoms with Gasteiger partial charge < -0.3 is 4.74 Å². The highest BCUT2D eigenvalue weighted by Crippen LogP contribution is 2.19. The lowest BCUT2D eigenvalue weighted by Gasteiger charge is -2.03. The van der Waals surface area contributed by atoms with Gasteiger partial charge in [-0.1, -0.05) is 53.8 Å². The first-order valence-electron chi connectivity index (χ1n) is 7.26. The van der Waals surface area contributed by atoms with E-state index in [2.05, 4.69) is 15.5 Å². The number of aromatic nitrogens is 2. The molecule has 0 aliphatic rings. The number of amides is 1. The van der Waals surface area contributed by atoms with Gasteiger partial charge in [0.2, 0.25) is 5.13 Å². The summed E-state index contributed by atoms with van der Waals surface area (Å²) in [5.74, 6) is 0.384. The zero-order valence-corrected chi connectivity index (χ0v) is 13.8. The molecule has 0 bridgehead atoms. The van der Waals surface area contributed by atoms with Crippen molar-refractivity contribution in [3.8, 4) is 5.75 Å². The van der Waals surface area contributed by atoms with Crippen LogP contribution in [-0.2, 0) is 0 Å². The van der Waals surface area contributed by atoms with Crippen molar-refractivity contribution in [3.63, 3.8) is 0 Å². The van der Waals surface area contributed by atoms with Gasteiger partial charge in [-0.05, 0) is 29.8 Å². The third-order valence-electron chi connectivity index (χ3n) is 3.21. The van der Waals surface area contributed by atoms with Crippen molar-refractivity contribution in [2.24, 2.45) is 0 Å². The molecule has 3 aromatic rings. The molecule has 0 radical (unpaired) electrons. The number of ether oxygens (including phenoxy) is 1. The number of nitrogens with zero attached hydrogens (tertiary/aromatic N) is 2. The zero-order chi connectivity index (χ0) is 16.8. The summed E-state index contributed by atoms with van der Waals surface area (Å²) in [7, 11) is 1.56. The quantitative estimate of drug-likeness (QED) is 0.765. The Labute approximate surface area is 143 Å². The maximum Gasteiger partial charge on any atom is 0.257 e. The van der Waals surface area contributed by atoms with E-state index in [0.717, 1.165) is 10.6 Å². The van der Waals surface area contributed by atoms with E-state index in [4.69, 9.17) is 4.74 Å². The van der Waals surface area contributed by atoms with Gasteiger partial charge in [-0.25, -0.2) is 0 Å². The van der Waals surface area contributed by atoms with Crippen molar-refractivity contribution in [2.45, 2.75) is 0 Å².